The van der Waals surface area contributed by atoms with Crippen molar-refractivity contribution in [2.45, 2.75) is 23.1 Å². The second kappa shape index (κ2) is 6.97. The minimum absolute atomic E-state index is 0.150. The van der Waals surface area contributed by atoms with E-state index in [0.29, 0.717) is 5.69 Å². The van der Waals surface area contributed by atoms with Crippen LogP contribution in [-0.2, 0) is 16.1 Å². The van der Waals surface area contributed by atoms with E-state index >= 15 is 0 Å². The van der Waals surface area contributed by atoms with Gasteiger partial charge in [-0.1, -0.05) is 24.3 Å². The molecular weight excluding hydrogens is 324 g/mol. The van der Waals surface area contributed by atoms with Gasteiger partial charge in [0.25, 0.3) is 0 Å². The Balaban J connectivity index is 1.70. The first-order valence-electron chi connectivity index (χ1n) is 7.57. The first-order chi connectivity index (χ1) is 11.6. The van der Waals surface area contributed by atoms with Crippen LogP contribution in [0.15, 0.2) is 53.4 Å². The summed E-state index contributed by atoms with van der Waals surface area (Å²) in [5.74, 6) is 0.428. The van der Waals surface area contributed by atoms with E-state index in [9.17, 15) is 9.59 Å². The van der Waals surface area contributed by atoms with Crippen LogP contribution in [0.25, 0.3) is 0 Å². The summed E-state index contributed by atoms with van der Waals surface area (Å²) >= 11 is 1.35. The molecule has 1 heterocycles. The summed E-state index contributed by atoms with van der Waals surface area (Å²) in [6.07, 6.45) is 0.202. The van der Waals surface area contributed by atoms with Crippen LogP contribution < -0.4 is 10.5 Å². The topological polar surface area (TPSA) is 72.6 Å². The predicted molar refractivity (Wildman–Crippen MR) is 93.7 cm³/mol. The molecule has 0 saturated carbocycles. The van der Waals surface area contributed by atoms with E-state index in [0.717, 1.165) is 16.2 Å². The lowest BCUT2D eigenvalue weighted by molar-refractivity contribution is -0.138. The van der Waals surface area contributed by atoms with E-state index in [2.05, 4.69) is 0 Å². The summed E-state index contributed by atoms with van der Waals surface area (Å²) in [5, 5.41) is -0.416. The molecule has 2 N–H and O–H groups in total. The Morgan fingerprint density at radius 1 is 1.17 bits per heavy atom. The monoisotopic (exact) mass is 342 g/mol. The van der Waals surface area contributed by atoms with Gasteiger partial charge in [-0.05, 0) is 29.8 Å². The maximum Gasteiger partial charge on any atom is 0.243 e. The number of nitrogen functional groups attached to an aromatic ring is 1. The molecule has 1 aliphatic heterocycles. The highest BCUT2D eigenvalue weighted by atomic mass is 32.2. The van der Waals surface area contributed by atoms with E-state index in [-0.39, 0.29) is 24.8 Å². The van der Waals surface area contributed by atoms with Crippen molar-refractivity contribution in [1.82, 2.24) is 4.90 Å². The molecule has 24 heavy (non-hydrogen) atoms. The number of hydrogen-bond donors (Lipinski definition) is 1. The van der Waals surface area contributed by atoms with Crippen molar-refractivity contribution >= 4 is 29.3 Å². The van der Waals surface area contributed by atoms with Gasteiger partial charge in [-0.25, -0.2) is 0 Å². The predicted octanol–water partition coefficient (Wildman–Crippen LogP) is 2.70. The molecule has 124 valence electrons. The number of imide groups is 1. The fourth-order valence-corrected chi connectivity index (χ4v) is 3.69. The van der Waals surface area contributed by atoms with Crippen LogP contribution in [0.3, 0.4) is 0 Å². The number of hydrogen-bond acceptors (Lipinski definition) is 5. The molecule has 1 saturated heterocycles. The second-order valence-electron chi connectivity index (χ2n) is 5.51. The van der Waals surface area contributed by atoms with E-state index in [1.54, 1.807) is 13.2 Å². The summed E-state index contributed by atoms with van der Waals surface area (Å²) in [6, 6.07) is 14.7. The maximum absolute atomic E-state index is 12.6. The van der Waals surface area contributed by atoms with Crippen molar-refractivity contribution in [2.24, 2.45) is 0 Å². The van der Waals surface area contributed by atoms with Gasteiger partial charge < -0.3 is 10.5 Å². The zero-order valence-corrected chi connectivity index (χ0v) is 14.1. The smallest absolute Gasteiger partial charge is 0.243 e. The number of likely N-dealkylation sites (tertiary alicyclic amines) is 1. The van der Waals surface area contributed by atoms with Crippen molar-refractivity contribution in [3.8, 4) is 5.75 Å². The van der Waals surface area contributed by atoms with Gasteiger partial charge in [-0.15, -0.1) is 11.8 Å². The van der Waals surface area contributed by atoms with Crippen LogP contribution in [0, 0.1) is 0 Å². The summed E-state index contributed by atoms with van der Waals surface area (Å²) in [4.78, 5) is 27.0. The van der Waals surface area contributed by atoms with Gasteiger partial charge in [-0.2, -0.15) is 0 Å². The zero-order valence-electron chi connectivity index (χ0n) is 13.3. The number of nitrogens with zero attached hydrogens (tertiary/aromatic N) is 1. The molecule has 2 aromatic rings. The molecule has 5 nitrogen and oxygen atoms in total. The van der Waals surface area contributed by atoms with E-state index in [1.807, 2.05) is 42.5 Å². The third-order valence-corrected chi connectivity index (χ3v) is 5.17. The number of carbonyl (C=O) groups excluding carboxylic acids is 2. The number of thioether (sulfide) groups is 1. The molecule has 6 heteroatoms. The minimum Gasteiger partial charge on any atom is -0.497 e. The molecule has 0 spiro atoms. The Bertz CT molecular complexity index is 761. The number of ether oxygens (including phenoxy) is 1. The molecule has 0 aliphatic carbocycles. The molecule has 2 amide bonds. The first-order valence-corrected chi connectivity index (χ1v) is 8.44. The van der Waals surface area contributed by atoms with Crippen LogP contribution in [0.4, 0.5) is 5.69 Å². The van der Waals surface area contributed by atoms with Gasteiger partial charge in [0.15, 0.2) is 0 Å². The summed E-state index contributed by atoms with van der Waals surface area (Å²) in [5.41, 5.74) is 7.43. The van der Waals surface area contributed by atoms with Crippen molar-refractivity contribution in [1.29, 1.82) is 0 Å². The number of carbonyl (C=O) groups is 2. The zero-order chi connectivity index (χ0) is 17.1. The van der Waals surface area contributed by atoms with Crippen molar-refractivity contribution in [2.75, 3.05) is 12.8 Å². The van der Waals surface area contributed by atoms with Crippen LogP contribution >= 0.6 is 11.8 Å². The van der Waals surface area contributed by atoms with Gasteiger partial charge in [0.1, 0.15) is 5.75 Å². The third-order valence-electron chi connectivity index (χ3n) is 3.89. The highest BCUT2D eigenvalue weighted by Gasteiger charge is 2.39. The Kier molecular flexibility index (Phi) is 4.76. The fourth-order valence-electron chi connectivity index (χ4n) is 2.57. The SMILES string of the molecule is COc1ccc(CN2C(=O)CC(Sc3ccccc3N)C2=O)cc1. The summed E-state index contributed by atoms with van der Waals surface area (Å²) < 4.78 is 5.11. The van der Waals surface area contributed by atoms with Crippen LogP contribution in [0.2, 0.25) is 0 Å². The Labute approximate surface area is 144 Å². The molecular formula is C18H18N2O3S. The molecule has 1 aliphatic rings. The Morgan fingerprint density at radius 3 is 2.54 bits per heavy atom. The van der Waals surface area contributed by atoms with Crippen molar-refractivity contribution in [3.63, 3.8) is 0 Å². The standard InChI is InChI=1S/C18H18N2O3S/c1-23-13-8-6-12(7-9-13)11-20-17(21)10-16(18(20)22)24-15-5-3-2-4-14(15)19/h2-9,16H,10-11,19H2,1H3. The Morgan fingerprint density at radius 2 is 1.88 bits per heavy atom. The van der Waals surface area contributed by atoms with Crippen molar-refractivity contribution in [3.05, 3.63) is 54.1 Å². The molecule has 0 radical (unpaired) electrons. The average molecular weight is 342 g/mol. The van der Waals surface area contributed by atoms with E-state index in [1.165, 1.54) is 16.7 Å². The van der Waals surface area contributed by atoms with Gasteiger partial charge in [0, 0.05) is 17.0 Å². The van der Waals surface area contributed by atoms with Crippen LogP contribution in [0.1, 0.15) is 12.0 Å². The molecule has 0 bridgehead atoms. The quantitative estimate of drug-likeness (QED) is 0.668. The number of para-hydroxylation sites is 1. The largest absolute Gasteiger partial charge is 0.497 e. The number of methoxy groups -OCH3 is 1. The highest BCUT2D eigenvalue weighted by molar-refractivity contribution is 8.00. The van der Waals surface area contributed by atoms with Gasteiger partial charge >= 0.3 is 0 Å². The summed E-state index contributed by atoms with van der Waals surface area (Å²) in [7, 11) is 1.60. The molecule has 1 atom stereocenters. The average Bonchev–Trinajstić information content (AvgIpc) is 2.85. The number of benzene rings is 2. The fraction of sp³-hybridized carbons (Fsp3) is 0.222. The van der Waals surface area contributed by atoms with Crippen LogP contribution in [0.5, 0.6) is 5.75 Å². The van der Waals surface area contributed by atoms with Gasteiger partial charge in [0.05, 0.1) is 18.9 Å². The molecule has 0 aromatic heterocycles. The Hall–Kier alpha value is -2.47. The van der Waals surface area contributed by atoms with E-state index in [4.69, 9.17) is 10.5 Å². The molecule has 3 rings (SSSR count). The lowest BCUT2D eigenvalue weighted by Crippen LogP contribution is -2.30. The lowest BCUT2D eigenvalue weighted by atomic mass is 10.2. The normalized spacial score (nSPS) is 17.4. The number of rotatable bonds is 5. The first kappa shape index (κ1) is 16.4. The summed E-state index contributed by atoms with van der Waals surface area (Å²) in [6.45, 7) is 0.281. The third kappa shape index (κ3) is 3.38. The number of nitrogens with two attached hydrogens (primary N) is 1. The molecule has 1 fully saturated rings. The second-order valence-corrected chi connectivity index (χ2v) is 6.76. The highest BCUT2D eigenvalue weighted by Crippen LogP contribution is 2.35. The van der Waals surface area contributed by atoms with E-state index < -0.39 is 5.25 Å². The van der Waals surface area contributed by atoms with Crippen molar-refractivity contribution < 1.29 is 14.3 Å². The number of anilines is 1. The minimum atomic E-state index is -0.416. The number of amides is 2. The maximum atomic E-state index is 12.6. The van der Waals surface area contributed by atoms with Crippen LogP contribution in [-0.4, -0.2) is 29.1 Å². The van der Waals surface area contributed by atoms with Gasteiger partial charge in [0.2, 0.25) is 11.8 Å². The molecule has 2 aromatic carbocycles. The lowest BCUT2D eigenvalue weighted by Gasteiger charge is -2.15. The molecule has 1 unspecified atom stereocenters. The van der Waals surface area contributed by atoms with Gasteiger partial charge in [-0.3, -0.25) is 14.5 Å².